The van der Waals surface area contributed by atoms with Crippen LogP contribution in [0.5, 0.6) is 0 Å². The minimum atomic E-state index is -1.19. The highest BCUT2D eigenvalue weighted by Crippen LogP contribution is 2.28. The summed E-state index contributed by atoms with van der Waals surface area (Å²) in [5, 5.41) is 22.7. The summed E-state index contributed by atoms with van der Waals surface area (Å²) in [6, 6.07) is 0.423. The number of carbonyl (C=O) groups excluding carboxylic acids is 1. The van der Waals surface area contributed by atoms with Crippen molar-refractivity contribution in [2.45, 2.75) is 33.2 Å². The van der Waals surface area contributed by atoms with E-state index in [2.05, 4.69) is 5.32 Å². The van der Waals surface area contributed by atoms with Gasteiger partial charge in [-0.05, 0) is 32.4 Å². The van der Waals surface area contributed by atoms with Gasteiger partial charge >= 0.3 is 5.97 Å². The number of carboxylic acid groups (broad SMARTS) is 1. The van der Waals surface area contributed by atoms with Gasteiger partial charge in [-0.25, -0.2) is 4.79 Å². The molecule has 23 heavy (non-hydrogen) atoms. The first-order chi connectivity index (χ1) is 10.7. The van der Waals surface area contributed by atoms with E-state index in [4.69, 9.17) is 9.84 Å². The van der Waals surface area contributed by atoms with Crippen molar-refractivity contribution >= 4 is 17.6 Å². The zero-order valence-electron chi connectivity index (χ0n) is 13.5. The van der Waals surface area contributed by atoms with Crippen molar-refractivity contribution in [1.82, 2.24) is 5.32 Å². The molecule has 0 fully saturated rings. The minimum Gasteiger partial charge on any atom is -0.480 e. The Labute approximate surface area is 133 Å². The highest BCUT2D eigenvalue weighted by atomic mass is 16.6. The zero-order chi connectivity index (χ0) is 17.7. The highest BCUT2D eigenvalue weighted by molar-refractivity contribution is 6.00. The summed E-state index contributed by atoms with van der Waals surface area (Å²) in [5.74, 6) is -1.83. The molecule has 0 saturated carbocycles. The van der Waals surface area contributed by atoms with E-state index in [0.717, 1.165) is 0 Å². The largest absolute Gasteiger partial charge is 0.480 e. The number of nitrogens with one attached hydrogen (secondary N) is 1. The third kappa shape index (κ3) is 4.26. The lowest BCUT2D eigenvalue weighted by atomic mass is 9.96. The molecule has 0 heterocycles. The molecule has 8 nitrogen and oxygen atoms in total. The fourth-order valence-electron chi connectivity index (χ4n) is 2.53. The Morgan fingerprint density at radius 3 is 2.43 bits per heavy atom. The molecule has 1 rings (SSSR count). The maximum Gasteiger partial charge on any atom is 0.326 e. The van der Waals surface area contributed by atoms with Crippen molar-refractivity contribution in [3.05, 3.63) is 38.4 Å². The van der Waals surface area contributed by atoms with E-state index in [0.29, 0.717) is 11.1 Å². The number of hydrogen-bond donors (Lipinski definition) is 2. The Bertz CT molecular complexity index is 641. The molecule has 1 amide bonds. The Morgan fingerprint density at radius 2 is 1.96 bits per heavy atom. The second kappa shape index (κ2) is 7.68. The monoisotopic (exact) mass is 324 g/mol. The average molecular weight is 324 g/mol. The van der Waals surface area contributed by atoms with Gasteiger partial charge in [0.25, 0.3) is 11.6 Å². The van der Waals surface area contributed by atoms with Crippen molar-refractivity contribution in [3.8, 4) is 0 Å². The normalized spacial score (nSPS) is 11.8. The van der Waals surface area contributed by atoms with Gasteiger partial charge in [0.2, 0.25) is 0 Å². The third-order valence-electron chi connectivity index (χ3n) is 3.55. The van der Waals surface area contributed by atoms with Crippen LogP contribution in [0.25, 0.3) is 0 Å². The molecule has 1 atom stereocenters. The van der Waals surface area contributed by atoms with Gasteiger partial charge in [0.1, 0.15) is 6.04 Å². The minimum absolute atomic E-state index is 0.101. The zero-order valence-corrected chi connectivity index (χ0v) is 13.5. The molecule has 1 unspecified atom stereocenters. The van der Waals surface area contributed by atoms with Gasteiger partial charge in [-0.15, -0.1) is 0 Å². The number of carboxylic acids is 1. The van der Waals surface area contributed by atoms with Gasteiger partial charge < -0.3 is 15.2 Å². The molecule has 0 aromatic heterocycles. The summed E-state index contributed by atoms with van der Waals surface area (Å²) < 4.78 is 4.82. The van der Waals surface area contributed by atoms with E-state index in [1.54, 1.807) is 19.9 Å². The Hall–Kier alpha value is -2.48. The van der Waals surface area contributed by atoms with E-state index in [1.807, 2.05) is 0 Å². The van der Waals surface area contributed by atoms with Crippen LogP contribution < -0.4 is 5.32 Å². The number of aryl methyl sites for hydroxylation is 2. The van der Waals surface area contributed by atoms with Crippen LogP contribution in [0.1, 0.15) is 33.5 Å². The van der Waals surface area contributed by atoms with Crippen LogP contribution in [0.3, 0.4) is 0 Å². The van der Waals surface area contributed by atoms with Crippen molar-refractivity contribution in [1.29, 1.82) is 0 Å². The third-order valence-corrected chi connectivity index (χ3v) is 3.55. The van der Waals surface area contributed by atoms with E-state index >= 15 is 0 Å². The molecule has 0 aliphatic carbocycles. The molecule has 0 aliphatic heterocycles. The number of carbonyl (C=O) groups is 2. The van der Waals surface area contributed by atoms with Gasteiger partial charge in [-0.1, -0.05) is 0 Å². The molecule has 0 radical (unpaired) electrons. The van der Waals surface area contributed by atoms with Gasteiger partial charge in [-0.3, -0.25) is 14.9 Å². The average Bonchev–Trinajstić information content (AvgIpc) is 2.41. The molecule has 126 valence electrons. The van der Waals surface area contributed by atoms with Crippen molar-refractivity contribution < 1.29 is 24.4 Å². The number of aliphatic carboxylic acids is 1. The molecular weight excluding hydrogens is 304 g/mol. The number of methoxy groups -OCH3 is 1. The van der Waals surface area contributed by atoms with E-state index in [9.17, 15) is 19.7 Å². The van der Waals surface area contributed by atoms with Gasteiger partial charge in [0.15, 0.2) is 0 Å². The van der Waals surface area contributed by atoms with Crippen LogP contribution in [0.4, 0.5) is 5.69 Å². The van der Waals surface area contributed by atoms with Gasteiger partial charge in [0, 0.05) is 31.3 Å². The van der Waals surface area contributed by atoms with Crippen molar-refractivity contribution in [3.63, 3.8) is 0 Å². The van der Waals surface area contributed by atoms with Crippen LogP contribution in [0, 0.1) is 30.9 Å². The topological polar surface area (TPSA) is 119 Å². The van der Waals surface area contributed by atoms with Crippen molar-refractivity contribution in [2.24, 2.45) is 0 Å². The number of hydrogen-bond acceptors (Lipinski definition) is 5. The first kappa shape index (κ1) is 18.6. The van der Waals surface area contributed by atoms with Gasteiger partial charge in [0.05, 0.1) is 10.5 Å². The second-order valence-corrected chi connectivity index (χ2v) is 5.26. The quantitative estimate of drug-likeness (QED) is 0.582. The first-order valence-corrected chi connectivity index (χ1v) is 6.98. The molecule has 0 saturated heterocycles. The number of amides is 1. The molecule has 0 spiro atoms. The maximum atomic E-state index is 12.4. The van der Waals surface area contributed by atoms with Crippen LogP contribution >= 0.6 is 0 Å². The smallest absolute Gasteiger partial charge is 0.326 e. The standard InChI is InChI=1S/C15H20N2O6/c1-8-7-9(2)13(17(21)22)10(3)12(8)14(18)16-11(15(19)20)5-6-23-4/h7,11H,5-6H2,1-4H3,(H,16,18)(H,19,20). The Balaban J connectivity index is 3.19. The van der Waals surface area contributed by atoms with E-state index in [1.165, 1.54) is 14.0 Å². The van der Waals surface area contributed by atoms with E-state index in [-0.39, 0.29) is 29.8 Å². The van der Waals surface area contributed by atoms with Gasteiger partial charge in [-0.2, -0.15) is 0 Å². The highest BCUT2D eigenvalue weighted by Gasteiger charge is 2.26. The van der Waals surface area contributed by atoms with Crippen LogP contribution in [0.2, 0.25) is 0 Å². The second-order valence-electron chi connectivity index (χ2n) is 5.26. The lowest BCUT2D eigenvalue weighted by Gasteiger charge is -2.17. The molecule has 1 aromatic carbocycles. The summed E-state index contributed by atoms with van der Waals surface area (Å²) >= 11 is 0. The summed E-state index contributed by atoms with van der Waals surface area (Å²) in [6.07, 6.45) is 0.101. The summed E-state index contributed by atoms with van der Waals surface area (Å²) in [5.41, 5.74) is 1.23. The molecule has 0 bridgehead atoms. The molecule has 0 aliphatic rings. The number of benzene rings is 1. The molecule has 8 heteroatoms. The predicted molar refractivity (Wildman–Crippen MR) is 82.7 cm³/mol. The summed E-state index contributed by atoms with van der Waals surface area (Å²) in [4.78, 5) is 34.2. The first-order valence-electron chi connectivity index (χ1n) is 6.98. The van der Waals surface area contributed by atoms with Crippen LogP contribution in [-0.2, 0) is 9.53 Å². The van der Waals surface area contributed by atoms with E-state index < -0.39 is 22.8 Å². The van der Waals surface area contributed by atoms with Crippen LogP contribution in [0.15, 0.2) is 6.07 Å². The lowest BCUT2D eigenvalue weighted by Crippen LogP contribution is -2.42. The number of ether oxygens (including phenoxy) is 1. The number of nitrogens with zero attached hydrogens (tertiary/aromatic N) is 1. The fraction of sp³-hybridized carbons (Fsp3) is 0.467. The number of nitro groups is 1. The Kier molecular flexibility index (Phi) is 6.20. The van der Waals surface area contributed by atoms with Crippen molar-refractivity contribution in [2.75, 3.05) is 13.7 Å². The summed E-state index contributed by atoms with van der Waals surface area (Å²) in [6.45, 7) is 4.91. The summed E-state index contributed by atoms with van der Waals surface area (Å²) in [7, 11) is 1.43. The van der Waals surface area contributed by atoms with Crippen LogP contribution in [-0.4, -0.2) is 41.7 Å². The molecule has 1 aromatic rings. The molecular formula is C15H20N2O6. The SMILES string of the molecule is COCCC(NC(=O)c1c(C)cc(C)c([N+](=O)[O-])c1C)C(=O)O. The predicted octanol–water partition coefficient (Wildman–Crippen LogP) is 1.74. The maximum absolute atomic E-state index is 12.4. The Morgan fingerprint density at radius 1 is 1.35 bits per heavy atom. The number of rotatable bonds is 7. The molecule has 2 N–H and O–H groups in total. The number of nitro benzene ring substituents is 1. The fourth-order valence-corrected chi connectivity index (χ4v) is 2.53. The lowest BCUT2D eigenvalue weighted by molar-refractivity contribution is -0.386.